The molecule has 3 heterocycles. The molecule has 32 heavy (non-hydrogen) atoms. The van der Waals surface area contributed by atoms with Gasteiger partial charge in [-0.2, -0.15) is 0 Å². The third kappa shape index (κ3) is 3.71. The molecule has 3 aromatic rings. The van der Waals surface area contributed by atoms with Gasteiger partial charge in [0, 0.05) is 18.7 Å². The van der Waals surface area contributed by atoms with Crippen LogP contribution in [0.3, 0.4) is 0 Å². The van der Waals surface area contributed by atoms with Crippen LogP contribution in [-0.2, 0) is 9.59 Å². The molecule has 1 fully saturated rings. The second kappa shape index (κ2) is 8.22. The molecule has 162 valence electrons. The molecule has 5 rings (SSSR count). The number of nitrogens with zero attached hydrogens (tertiary/aromatic N) is 2. The Kier molecular flexibility index (Phi) is 5.10. The highest BCUT2D eigenvalue weighted by molar-refractivity contribution is 6.10. The Balaban J connectivity index is 1.32. The molecule has 8 heteroatoms. The molecular formula is C24H21N3O5. The smallest absolute Gasteiger partial charge is 0.260 e. The summed E-state index contributed by atoms with van der Waals surface area (Å²) in [4.78, 5) is 42.0. The number of fused-ring (bicyclic) bond motifs is 2. The van der Waals surface area contributed by atoms with E-state index in [0.29, 0.717) is 29.3 Å². The third-order valence-electron chi connectivity index (χ3n) is 5.72. The number of anilines is 1. The molecule has 8 nitrogen and oxygen atoms in total. The summed E-state index contributed by atoms with van der Waals surface area (Å²) in [5.41, 5.74) is 1.61. The number of nitrogens with one attached hydrogen (secondary N) is 1. The quantitative estimate of drug-likeness (QED) is 0.686. The maximum Gasteiger partial charge on any atom is 0.260 e. The van der Waals surface area contributed by atoms with Crippen LogP contribution in [0.1, 0.15) is 10.4 Å². The SMILES string of the molecule is O=C1Nc2ccc(-c3ccco3)cc2C(=O)N2CCN(C(=O)COc3ccccc3)C[C@H]12. The molecule has 0 spiro atoms. The van der Waals surface area contributed by atoms with Crippen LogP contribution in [0.2, 0.25) is 0 Å². The normalized spacial score (nSPS) is 17.8. The first-order chi connectivity index (χ1) is 15.6. The minimum atomic E-state index is -0.767. The van der Waals surface area contributed by atoms with Crippen LogP contribution < -0.4 is 10.1 Å². The number of hydrogen-bond acceptors (Lipinski definition) is 5. The van der Waals surface area contributed by atoms with Crippen molar-refractivity contribution in [2.45, 2.75) is 6.04 Å². The van der Waals surface area contributed by atoms with E-state index in [-0.39, 0.29) is 37.4 Å². The fraction of sp³-hybridized carbons (Fsp3) is 0.208. The maximum atomic E-state index is 13.3. The van der Waals surface area contributed by atoms with Gasteiger partial charge in [0.1, 0.15) is 17.6 Å². The average Bonchev–Trinajstić information content (AvgIpc) is 3.34. The van der Waals surface area contributed by atoms with Crippen LogP contribution in [0.5, 0.6) is 5.75 Å². The molecule has 2 aliphatic heterocycles. The lowest BCUT2D eigenvalue weighted by atomic mass is 10.1. The predicted octanol–water partition coefficient (Wildman–Crippen LogP) is 2.63. The molecular weight excluding hydrogens is 410 g/mol. The zero-order chi connectivity index (χ0) is 22.1. The Labute approximate surface area is 184 Å². The lowest BCUT2D eigenvalue weighted by Crippen LogP contribution is -2.60. The summed E-state index contributed by atoms with van der Waals surface area (Å²) < 4.78 is 11.0. The van der Waals surface area contributed by atoms with E-state index in [4.69, 9.17) is 9.15 Å². The summed E-state index contributed by atoms with van der Waals surface area (Å²) in [5.74, 6) is 0.454. The first-order valence-electron chi connectivity index (χ1n) is 10.4. The second-order valence-electron chi connectivity index (χ2n) is 7.68. The minimum absolute atomic E-state index is 0.119. The number of carbonyl (C=O) groups is 3. The fourth-order valence-corrected chi connectivity index (χ4v) is 4.03. The molecule has 1 atom stereocenters. The van der Waals surface area contributed by atoms with Crippen LogP contribution in [0.4, 0.5) is 5.69 Å². The third-order valence-corrected chi connectivity index (χ3v) is 5.72. The topological polar surface area (TPSA) is 92.1 Å². The van der Waals surface area contributed by atoms with Gasteiger partial charge in [0.15, 0.2) is 6.61 Å². The molecule has 2 aliphatic rings. The highest BCUT2D eigenvalue weighted by atomic mass is 16.5. The number of amides is 3. The average molecular weight is 431 g/mol. The van der Waals surface area contributed by atoms with Crippen LogP contribution in [-0.4, -0.2) is 59.8 Å². The van der Waals surface area contributed by atoms with E-state index >= 15 is 0 Å². The van der Waals surface area contributed by atoms with Crippen molar-refractivity contribution < 1.29 is 23.5 Å². The summed E-state index contributed by atoms with van der Waals surface area (Å²) in [6.45, 7) is 0.588. The molecule has 0 radical (unpaired) electrons. The van der Waals surface area contributed by atoms with E-state index in [1.54, 1.807) is 47.6 Å². The number of rotatable bonds is 4. The Morgan fingerprint density at radius 3 is 2.69 bits per heavy atom. The number of furan rings is 1. The van der Waals surface area contributed by atoms with Gasteiger partial charge in [0.05, 0.1) is 24.1 Å². The number of ether oxygens (including phenoxy) is 1. The van der Waals surface area contributed by atoms with E-state index in [2.05, 4.69) is 5.32 Å². The number of para-hydroxylation sites is 1. The van der Waals surface area contributed by atoms with Gasteiger partial charge in [-0.3, -0.25) is 14.4 Å². The first-order valence-corrected chi connectivity index (χ1v) is 10.4. The first kappa shape index (κ1) is 19.9. The number of hydrogen-bond donors (Lipinski definition) is 1. The Bertz CT molecular complexity index is 1160. The van der Waals surface area contributed by atoms with Crippen molar-refractivity contribution in [2.24, 2.45) is 0 Å². The van der Waals surface area contributed by atoms with Crippen molar-refractivity contribution in [1.29, 1.82) is 0 Å². The number of benzene rings is 2. The largest absolute Gasteiger partial charge is 0.484 e. The monoisotopic (exact) mass is 431 g/mol. The van der Waals surface area contributed by atoms with E-state index in [9.17, 15) is 14.4 Å². The van der Waals surface area contributed by atoms with Crippen molar-refractivity contribution in [2.75, 3.05) is 31.6 Å². The van der Waals surface area contributed by atoms with Gasteiger partial charge in [0.2, 0.25) is 5.91 Å². The fourth-order valence-electron chi connectivity index (χ4n) is 4.03. The Hall–Kier alpha value is -4.07. The molecule has 0 aliphatic carbocycles. The number of carbonyl (C=O) groups excluding carboxylic acids is 3. The van der Waals surface area contributed by atoms with E-state index in [0.717, 1.165) is 5.56 Å². The summed E-state index contributed by atoms with van der Waals surface area (Å²) in [5, 5.41) is 2.84. The van der Waals surface area contributed by atoms with Crippen molar-refractivity contribution in [3.05, 3.63) is 72.5 Å². The van der Waals surface area contributed by atoms with Crippen LogP contribution in [0.15, 0.2) is 71.3 Å². The van der Waals surface area contributed by atoms with E-state index < -0.39 is 6.04 Å². The Morgan fingerprint density at radius 1 is 1.06 bits per heavy atom. The lowest BCUT2D eigenvalue weighted by Gasteiger charge is -2.39. The van der Waals surface area contributed by atoms with Gasteiger partial charge in [-0.05, 0) is 42.5 Å². The maximum absolute atomic E-state index is 13.3. The lowest BCUT2D eigenvalue weighted by molar-refractivity contribution is -0.137. The summed E-state index contributed by atoms with van der Waals surface area (Å²) in [7, 11) is 0. The van der Waals surface area contributed by atoms with Crippen LogP contribution in [0.25, 0.3) is 11.3 Å². The summed E-state index contributed by atoms with van der Waals surface area (Å²) in [6, 6.07) is 17.1. The van der Waals surface area contributed by atoms with Crippen molar-refractivity contribution in [3.63, 3.8) is 0 Å². The van der Waals surface area contributed by atoms with Crippen molar-refractivity contribution >= 4 is 23.4 Å². The molecule has 0 unspecified atom stereocenters. The van der Waals surface area contributed by atoms with Crippen molar-refractivity contribution in [1.82, 2.24) is 9.80 Å². The molecule has 3 amide bonds. The van der Waals surface area contributed by atoms with E-state index in [1.165, 1.54) is 4.90 Å². The van der Waals surface area contributed by atoms with Gasteiger partial charge in [-0.1, -0.05) is 18.2 Å². The molecule has 0 saturated carbocycles. The molecule has 2 aromatic carbocycles. The highest BCUT2D eigenvalue weighted by Gasteiger charge is 2.40. The standard InChI is InChI=1S/C24H21N3O5/c28-22(15-32-17-5-2-1-3-6-17)26-10-11-27-20(14-26)23(29)25-19-9-8-16(13-18(19)24(27)30)21-7-4-12-31-21/h1-9,12-13,20H,10-11,14-15H2,(H,25,29)/t20-/m1/s1. The van der Waals surface area contributed by atoms with Crippen LogP contribution >= 0.6 is 0 Å². The molecule has 1 aromatic heterocycles. The van der Waals surface area contributed by atoms with Gasteiger partial charge < -0.3 is 24.3 Å². The molecule has 0 bridgehead atoms. The van der Waals surface area contributed by atoms with Crippen molar-refractivity contribution in [3.8, 4) is 17.1 Å². The molecule has 1 N–H and O–H groups in total. The minimum Gasteiger partial charge on any atom is -0.484 e. The van der Waals surface area contributed by atoms with E-state index in [1.807, 2.05) is 24.3 Å². The number of piperazine rings is 1. The van der Waals surface area contributed by atoms with Gasteiger partial charge in [0.25, 0.3) is 11.8 Å². The van der Waals surface area contributed by atoms with Crippen LogP contribution in [0, 0.1) is 0 Å². The second-order valence-corrected chi connectivity index (χ2v) is 7.68. The summed E-state index contributed by atoms with van der Waals surface area (Å²) in [6.07, 6.45) is 1.57. The van der Waals surface area contributed by atoms with Gasteiger partial charge in [-0.15, -0.1) is 0 Å². The predicted molar refractivity (Wildman–Crippen MR) is 116 cm³/mol. The summed E-state index contributed by atoms with van der Waals surface area (Å²) >= 11 is 0. The zero-order valence-corrected chi connectivity index (χ0v) is 17.2. The highest BCUT2D eigenvalue weighted by Crippen LogP contribution is 2.30. The zero-order valence-electron chi connectivity index (χ0n) is 17.2. The van der Waals surface area contributed by atoms with Gasteiger partial charge in [-0.25, -0.2) is 0 Å². The molecule has 1 saturated heterocycles. The Morgan fingerprint density at radius 2 is 1.91 bits per heavy atom. The van der Waals surface area contributed by atoms with Gasteiger partial charge >= 0.3 is 0 Å².